The van der Waals surface area contributed by atoms with E-state index >= 15 is 0 Å². The molecule has 0 saturated carbocycles. The fraction of sp³-hybridized carbons (Fsp3) is 0.917. The van der Waals surface area contributed by atoms with Gasteiger partial charge in [0.2, 0.25) is 0 Å². The highest BCUT2D eigenvalue weighted by atomic mass is 16.5. The Hall–Kier alpha value is -0.370. The molecular weight excluding hydrogens is 176 g/mol. The van der Waals surface area contributed by atoms with Crippen LogP contribution in [-0.2, 0) is 9.53 Å². The zero-order valence-corrected chi connectivity index (χ0v) is 9.42. The number of carbonyl (C=O) groups is 1. The molecule has 14 heavy (non-hydrogen) atoms. The normalized spacial score (nSPS) is 20.7. The third-order valence-corrected chi connectivity index (χ3v) is 3.10. The van der Waals surface area contributed by atoms with E-state index < -0.39 is 0 Å². The monoisotopic (exact) mass is 198 g/mol. The number of rotatable bonds is 5. The molecule has 82 valence electrons. The van der Waals surface area contributed by atoms with Gasteiger partial charge in [-0.2, -0.15) is 0 Å². The van der Waals surface area contributed by atoms with Gasteiger partial charge < -0.3 is 4.74 Å². The second-order valence-electron chi connectivity index (χ2n) is 4.42. The SMILES string of the molecule is CCCC(C)C(=O)CC1CCOCC1. The van der Waals surface area contributed by atoms with E-state index in [-0.39, 0.29) is 5.92 Å². The minimum atomic E-state index is 0.267. The van der Waals surface area contributed by atoms with Crippen molar-refractivity contribution >= 4 is 5.78 Å². The van der Waals surface area contributed by atoms with Crippen LogP contribution in [0.15, 0.2) is 0 Å². The van der Waals surface area contributed by atoms with Gasteiger partial charge in [-0.3, -0.25) is 4.79 Å². The van der Waals surface area contributed by atoms with Gasteiger partial charge in [0.1, 0.15) is 5.78 Å². The van der Waals surface area contributed by atoms with Crippen LogP contribution in [0.25, 0.3) is 0 Å². The van der Waals surface area contributed by atoms with Crippen LogP contribution in [0.4, 0.5) is 0 Å². The first-order valence-electron chi connectivity index (χ1n) is 5.84. The quantitative estimate of drug-likeness (QED) is 0.679. The molecule has 0 aliphatic carbocycles. The Kier molecular flexibility index (Phi) is 5.16. The van der Waals surface area contributed by atoms with Crippen molar-refractivity contribution in [1.82, 2.24) is 0 Å². The van der Waals surface area contributed by atoms with Gasteiger partial charge in [-0.1, -0.05) is 20.3 Å². The molecule has 0 aromatic heterocycles. The molecule has 1 aliphatic heterocycles. The molecule has 0 radical (unpaired) electrons. The minimum absolute atomic E-state index is 0.267. The van der Waals surface area contributed by atoms with Crippen LogP contribution in [0.5, 0.6) is 0 Å². The van der Waals surface area contributed by atoms with Crippen molar-refractivity contribution < 1.29 is 9.53 Å². The lowest BCUT2D eigenvalue weighted by molar-refractivity contribution is -0.124. The van der Waals surface area contributed by atoms with E-state index in [0.29, 0.717) is 11.7 Å². The number of hydrogen-bond acceptors (Lipinski definition) is 2. The summed E-state index contributed by atoms with van der Waals surface area (Å²) in [5.74, 6) is 1.32. The molecule has 1 unspecified atom stereocenters. The molecule has 1 saturated heterocycles. The van der Waals surface area contributed by atoms with E-state index in [2.05, 4.69) is 13.8 Å². The van der Waals surface area contributed by atoms with Crippen LogP contribution in [0.2, 0.25) is 0 Å². The van der Waals surface area contributed by atoms with Gasteiger partial charge in [-0.15, -0.1) is 0 Å². The number of ether oxygens (including phenoxy) is 1. The molecule has 0 spiro atoms. The van der Waals surface area contributed by atoms with E-state index in [1.165, 1.54) is 0 Å². The molecule has 1 fully saturated rings. The summed E-state index contributed by atoms with van der Waals surface area (Å²) in [5, 5.41) is 0. The molecule has 0 N–H and O–H groups in total. The Bertz CT molecular complexity index is 171. The Morgan fingerprint density at radius 2 is 2.07 bits per heavy atom. The van der Waals surface area contributed by atoms with Crippen molar-refractivity contribution in [3.8, 4) is 0 Å². The van der Waals surface area contributed by atoms with Gasteiger partial charge in [-0.25, -0.2) is 0 Å². The number of Topliss-reactive ketones (excluding diaryl/α,β-unsaturated/α-hetero) is 1. The lowest BCUT2D eigenvalue weighted by atomic mass is 9.89. The summed E-state index contributed by atoms with van der Waals surface area (Å²) in [4.78, 5) is 11.8. The number of carbonyl (C=O) groups excluding carboxylic acids is 1. The van der Waals surface area contributed by atoms with E-state index in [0.717, 1.165) is 45.3 Å². The predicted molar refractivity (Wildman–Crippen MR) is 57.2 cm³/mol. The minimum Gasteiger partial charge on any atom is -0.381 e. The summed E-state index contributed by atoms with van der Waals surface area (Å²) in [7, 11) is 0. The first kappa shape index (κ1) is 11.7. The summed E-state index contributed by atoms with van der Waals surface area (Å²) in [6.07, 6.45) is 5.09. The second kappa shape index (κ2) is 6.18. The first-order chi connectivity index (χ1) is 6.74. The summed E-state index contributed by atoms with van der Waals surface area (Å²) in [6.45, 7) is 5.89. The van der Waals surface area contributed by atoms with E-state index in [4.69, 9.17) is 4.74 Å². The van der Waals surface area contributed by atoms with Gasteiger partial charge in [0.25, 0.3) is 0 Å². The summed E-state index contributed by atoms with van der Waals surface area (Å²) in [6, 6.07) is 0. The summed E-state index contributed by atoms with van der Waals surface area (Å²) in [5.41, 5.74) is 0. The van der Waals surface area contributed by atoms with E-state index in [1.54, 1.807) is 0 Å². The van der Waals surface area contributed by atoms with Crippen molar-refractivity contribution in [3.05, 3.63) is 0 Å². The van der Waals surface area contributed by atoms with Crippen molar-refractivity contribution in [3.63, 3.8) is 0 Å². The largest absolute Gasteiger partial charge is 0.381 e. The topological polar surface area (TPSA) is 26.3 Å². The highest BCUT2D eigenvalue weighted by Gasteiger charge is 2.20. The van der Waals surface area contributed by atoms with Crippen molar-refractivity contribution in [2.75, 3.05) is 13.2 Å². The Labute approximate surface area is 87.0 Å². The summed E-state index contributed by atoms with van der Waals surface area (Å²) < 4.78 is 5.28. The average molecular weight is 198 g/mol. The zero-order chi connectivity index (χ0) is 10.4. The molecule has 0 amide bonds. The molecule has 1 atom stereocenters. The first-order valence-corrected chi connectivity index (χ1v) is 5.84. The molecule has 1 rings (SSSR count). The van der Waals surface area contributed by atoms with Crippen LogP contribution >= 0.6 is 0 Å². The molecule has 0 bridgehead atoms. The zero-order valence-electron chi connectivity index (χ0n) is 9.42. The van der Waals surface area contributed by atoms with Gasteiger partial charge >= 0.3 is 0 Å². The van der Waals surface area contributed by atoms with Crippen LogP contribution < -0.4 is 0 Å². The lowest BCUT2D eigenvalue weighted by Crippen LogP contribution is -2.21. The molecule has 2 heteroatoms. The van der Waals surface area contributed by atoms with Crippen LogP contribution in [0.1, 0.15) is 46.0 Å². The lowest BCUT2D eigenvalue weighted by Gasteiger charge is -2.22. The Morgan fingerprint density at radius 3 is 2.64 bits per heavy atom. The van der Waals surface area contributed by atoms with Crippen molar-refractivity contribution in [2.24, 2.45) is 11.8 Å². The molecule has 1 heterocycles. The van der Waals surface area contributed by atoms with E-state index in [9.17, 15) is 4.79 Å². The van der Waals surface area contributed by atoms with E-state index in [1.807, 2.05) is 0 Å². The highest BCUT2D eigenvalue weighted by molar-refractivity contribution is 5.80. The van der Waals surface area contributed by atoms with Crippen molar-refractivity contribution in [1.29, 1.82) is 0 Å². The fourth-order valence-electron chi connectivity index (χ4n) is 2.03. The molecule has 1 aliphatic rings. The Balaban J connectivity index is 2.24. The van der Waals surface area contributed by atoms with Crippen LogP contribution in [0, 0.1) is 11.8 Å². The molecular formula is C12H22O2. The highest BCUT2D eigenvalue weighted by Crippen LogP contribution is 2.21. The average Bonchev–Trinajstić information content (AvgIpc) is 2.19. The fourth-order valence-corrected chi connectivity index (χ4v) is 2.03. The van der Waals surface area contributed by atoms with Gasteiger partial charge in [-0.05, 0) is 25.2 Å². The van der Waals surface area contributed by atoms with Gasteiger partial charge in [0.05, 0.1) is 0 Å². The smallest absolute Gasteiger partial charge is 0.135 e. The van der Waals surface area contributed by atoms with Crippen LogP contribution in [0.3, 0.4) is 0 Å². The molecule has 0 aromatic rings. The summed E-state index contributed by atoms with van der Waals surface area (Å²) >= 11 is 0. The maximum Gasteiger partial charge on any atom is 0.135 e. The molecule has 2 nitrogen and oxygen atoms in total. The third-order valence-electron chi connectivity index (χ3n) is 3.10. The maximum absolute atomic E-state index is 11.8. The van der Waals surface area contributed by atoms with Crippen LogP contribution in [-0.4, -0.2) is 19.0 Å². The maximum atomic E-state index is 11.8. The Morgan fingerprint density at radius 1 is 1.43 bits per heavy atom. The van der Waals surface area contributed by atoms with Crippen molar-refractivity contribution in [2.45, 2.75) is 46.0 Å². The molecule has 0 aromatic carbocycles. The number of hydrogen-bond donors (Lipinski definition) is 0. The number of ketones is 1. The van der Waals surface area contributed by atoms with Gasteiger partial charge in [0, 0.05) is 25.6 Å². The third kappa shape index (κ3) is 3.79. The standard InChI is InChI=1S/C12H22O2/c1-3-4-10(2)12(13)9-11-5-7-14-8-6-11/h10-11H,3-9H2,1-2H3. The predicted octanol–water partition coefficient (Wildman–Crippen LogP) is 2.81. The van der Waals surface area contributed by atoms with Gasteiger partial charge in [0.15, 0.2) is 0 Å². The second-order valence-corrected chi connectivity index (χ2v) is 4.42.